The van der Waals surface area contributed by atoms with Crippen LogP contribution in [0.1, 0.15) is 18.1 Å². The van der Waals surface area contributed by atoms with Crippen molar-refractivity contribution in [2.24, 2.45) is 0 Å². The molecule has 1 heterocycles. The van der Waals surface area contributed by atoms with E-state index in [0.29, 0.717) is 39.6 Å². The maximum Gasteiger partial charge on any atom is 0.326 e. The number of nitrogens with one attached hydrogen (secondary N) is 2. The number of carbonyl (C=O) groups excluding carboxylic acids is 2. The number of nitrogens with two attached hydrogens (primary N) is 1. The van der Waals surface area contributed by atoms with E-state index in [1.54, 1.807) is 49.4 Å². The molecular weight excluding hydrogens is 480 g/mol. The molecule has 0 bridgehead atoms. The summed E-state index contributed by atoms with van der Waals surface area (Å²) in [6.07, 6.45) is 1.03. The Bertz CT molecular complexity index is 1430. The summed E-state index contributed by atoms with van der Waals surface area (Å²) >= 11 is 0. The minimum Gasteiger partial charge on any atom is -0.465 e. The Morgan fingerprint density at radius 1 is 1.06 bits per heavy atom. The molecule has 9 nitrogen and oxygen atoms in total. The fourth-order valence-electron chi connectivity index (χ4n) is 3.90. The van der Waals surface area contributed by atoms with Gasteiger partial charge in [-0.1, -0.05) is 30.3 Å². The van der Waals surface area contributed by atoms with Crippen molar-refractivity contribution in [3.8, 4) is 0 Å². The van der Waals surface area contributed by atoms with Crippen LogP contribution in [-0.4, -0.2) is 39.7 Å². The lowest BCUT2D eigenvalue weighted by Crippen LogP contribution is -2.35. The standard InChI is InChI=1S/C26H26N4O5S/c1-3-35-23(31)16-30(36(2,33)34)20-12-10-19(11-13-20)28-25(17-7-5-4-6-8-17)24-21-15-18(27)9-14-22(21)29-26(24)32/h4-15,28H,3,16,27H2,1-2H3,(H,29,32). The molecule has 1 aliphatic rings. The Balaban J connectivity index is 1.73. The van der Waals surface area contributed by atoms with Crippen LogP contribution in [0.2, 0.25) is 0 Å². The highest BCUT2D eigenvalue weighted by Crippen LogP contribution is 2.38. The minimum atomic E-state index is -3.73. The number of fused-ring (bicyclic) bond motifs is 1. The van der Waals surface area contributed by atoms with Gasteiger partial charge in [-0.2, -0.15) is 0 Å². The van der Waals surface area contributed by atoms with Gasteiger partial charge in [0.25, 0.3) is 5.91 Å². The van der Waals surface area contributed by atoms with Crippen molar-refractivity contribution in [2.45, 2.75) is 6.92 Å². The van der Waals surface area contributed by atoms with Crippen molar-refractivity contribution in [1.82, 2.24) is 0 Å². The van der Waals surface area contributed by atoms with E-state index in [1.165, 1.54) is 0 Å². The second-order valence-electron chi connectivity index (χ2n) is 8.12. The number of nitrogen functional groups attached to an aromatic ring is 1. The number of hydrogen-bond acceptors (Lipinski definition) is 7. The van der Waals surface area contributed by atoms with Gasteiger partial charge >= 0.3 is 5.97 Å². The van der Waals surface area contributed by atoms with E-state index in [2.05, 4.69) is 10.6 Å². The van der Waals surface area contributed by atoms with Crippen molar-refractivity contribution in [3.05, 3.63) is 83.9 Å². The van der Waals surface area contributed by atoms with Gasteiger partial charge in [0.15, 0.2) is 0 Å². The van der Waals surface area contributed by atoms with Gasteiger partial charge in [0.1, 0.15) is 6.54 Å². The van der Waals surface area contributed by atoms with Crippen molar-refractivity contribution in [1.29, 1.82) is 0 Å². The number of ether oxygens (including phenoxy) is 1. The van der Waals surface area contributed by atoms with Crippen LogP contribution in [0.3, 0.4) is 0 Å². The third-order valence-electron chi connectivity index (χ3n) is 5.50. The number of amides is 1. The fraction of sp³-hybridized carbons (Fsp3) is 0.154. The summed E-state index contributed by atoms with van der Waals surface area (Å²) in [5.74, 6) is -0.914. The van der Waals surface area contributed by atoms with Crippen molar-refractivity contribution >= 4 is 55.9 Å². The first-order valence-electron chi connectivity index (χ1n) is 11.2. The summed E-state index contributed by atoms with van der Waals surface area (Å²) in [4.78, 5) is 24.9. The van der Waals surface area contributed by atoms with Gasteiger partial charge in [-0.15, -0.1) is 0 Å². The molecule has 186 valence electrons. The molecule has 1 amide bonds. The van der Waals surface area contributed by atoms with Crippen LogP contribution in [-0.2, 0) is 24.3 Å². The molecule has 0 unspecified atom stereocenters. The highest BCUT2D eigenvalue weighted by Gasteiger charge is 2.29. The number of sulfonamides is 1. The Hall–Kier alpha value is -4.31. The van der Waals surface area contributed by atoms with Crippen LogP contribution < -0.4 is 20.7 Å². The third-order valence-corrected chi connectivity index (χ3v) is 6.64. The van der Waals surface area contributed by atoms with E-state index in [0.717, 1.165) is 16.1 Å². The van der Waals surface area contributed by atoms with E-state index in [1.807, 2.05) is 30.3 Å². The molecule has 4 rings (SSSR count). The zero-order valence-corrected chi connectivity index (χ0v) is 20.6. The van der Waals surface area contributed by atoms with Gasteiger partial charge in [-0.05, 0) is 55.0 Å². The molecule has 10 heteroatoms. The predicted molar refractivity (Wildman–Crippen MR) is 142 cm³/mol. The molecular formula is C26H26N4O5S. The number of anilines is 4. The Kier molecular flexibility index (Phi) is 6.98. The van der Waals surface area contributed by atoms with Crippen molar-refractivity contribution in [2.75, 3.05) is 40.1 Å². The number of hydrogen-bond donors (Lipinski definition) is 3. The first-order chi connectivity index (χ1) is 17.2. The highest BCUT2D eigenvalue weighted by atomic mass is 32.2. The number of carbonyl (C=O) groups is 2. The van der Waals surface area contributed by atoms with Gasteiger partial charge in [0.05, 0.1) is 29.8 Å². The molecule has 0 saturated heterocycles. The Morgan fingerprint density at radius 3 is 2.39 bits per heavy atom. The number of nitrogens with zero attached hydrogens (tertiary/aromatic N) is 1. The third kappa shape index (κ3) is 5.33. The van der Waals surface area contributed by atoms with E-state index in [9.17, 15) is 18.0 Å². The second-order valence-corrected chi connectivity index (χ2v) is 10.0. The summed E-state index contributed by atoms with van der Waals surface area (Å²) < 4.78 is 30.5. The van der Waals surface area contributed by atoms with E-state index in [4.69, 9.17) is 10.5 Å². The number of rotatable bonds is 8. The highest BCUT2D eigenvalue weighted by molar-refractivity contribution is 7.92. The van der Waals surface area contributed by atoms with Gasteiger partial charge in [-0.3, -0.25) is 13.9 Å². The molecule has 4 N–H and O–H groups in total. The van der Waals surface area contributed by atoms with Crippen LogP contribution in [0.4, 0.5) is 22.7 Å². The molecule has 1 aliphatic heterocycles. The molecule has 0 spiro atoms. The summed E-state index contributed by atoms with van der Waals surface area (Å²) in [7, 11) is -3.73. The second kappa shape index (κ2) is 10.1. The fourth-order valence-corrected chi connectivity index (χ4v) is 4.74. The molecule has 0 aromatic heterocycles. The quantitative estimate of drug-likeness (QED) is 0.242. The summed E-state index contributed by atoms with van der Waals surface area (Å²) in [5, 5.41) is 6.18. The van der Waals surface area contributed by atoms with Gasteiger partial charge in [0, 0.05) is 22.6 Å². The predicted octanol–water partition coefficient (Wildman–Crippen LogP) is 3.53. The number of esters is 1. The van der Waals surface area contributed by atoms with Crippen LogP contribution in [0.25, 0.3) is 11.3 Å². The normalized spacial score (nSPS) is 14.0. The first-order valence-corrected chi connectivity index (χ1v) is 13.0. The van der Waals surface area contributed by atoms with Crippen LogP contribution in [0.15, 0.2) is 72.8 Å². The lowest BCUT2D eigenvalue weighted by molar-refractivity contribution is -0.141. The molecule has 36 heavy (non-hydrogen) atoms. The average Bonchev–Trinajstić information content (AvgIpc) is 3.16. The summed E-state index contributed by atoms with van der Waals surface area (Å²) in [6, 6.07) is 21.1. The Morgan fingerprint density at radius 2 is 1.75 bits per heavy atom. The maximum atomic E-state index is 13.0. The van der Waals surface area contributed by atoms with Gasteiger partial charge < -0.3 is 21.1 Å². The molecule has 0 saturated carbocycles. The molecule has 0 aliphatic carbocycles. The summed E-state index contributed by atoms with van der Waals surface area (Å²) in [6.45, 7) is 1.37. The van der Waals surface area contributed by atoms with Crippen LogP contribution in [0.5, 0.6) is 0 Å². The SMILES string of the molecule is CCOC(=O)CN(c1ccc(NC(=C2C(=O)Nc3ccc(N)cc32)c2ccccc2)cc1)S(C)(=O)=O. The van der Waals surface area contributed by atoms with Crippen LogP contribution in [0, 0.1) is 0 Å². The topological polar surface area (TPSA) is 131 Å². The van der Waals surface area contributed by atoms with Gasteiger partial charge in [0.2, 0.25) is 10.0 Å². The molecule has 0 radical (unpaired) electrons. The van der Waals surface area contributed by atoms with Gasteiger partial charge in [-0.25, -0.2) is 8.42 Å². The largest absolute Gasteiger partial charge is 0.465 e. The van der Waals surface area contributed by atoms with E-state index < -0.39 is 22.5 Å². The lowest BCUT2D eigenvalue weighted by Gasteiger charge is -2.22. The lowest BCUT2D eigenvalue weighted by atomic mass is 9.99. The molecule has 0 fully saturated rings. The zero-order chi connectivity index (χ0) is 25.9. The Labute approximate surface area is 209 Å². The first kappa shape index (κ1) is 24.8. The van der Waals surface area contributed by atoms with Crippen molar-refractivity contribution in [3.63, 3.8) is 0 Å². The van der Waals surface area contributed by atoms with E-state index in [-0.39, 0.29) is 12.5 Å². The van der Waals surface area contributed by atoms with E-state index >= 15 is 0 Å². The zero-order valence-electron chi connectivity index (χ0n) is 19.8. The molecule has 0 atom stereocenters. The minimum absolute atomic E-state index is 0.151. The molecule has 3 aromatic rings. The monoisotopic (exact) mass is 506 g/mol. The smallest absolute Gasteiger partial charge is 0.326 e. The summed E-state index contributed by atoms with van der Waals surface area (Å²) in [5.41, 5.74) is 10.6. The molecule has 3 aromatic carbocycles. The van der Waals surface area contributed by atoms with Crippen LogP contribution >= 0.6 is 0 Å². The average molecular weight is 507 g/mol. The number of benzene rings is 3. The van der Waals surface area contributed by atoms with Crippen molar-refractivity contribution < 1.29 is 22.7 Å². The maximum absolute atomic E-state index is 13.0.